The van der Waals surface area contributed by atoms with Crippen LogP contribution in [0.25, 0.3) is 0 Å². The van der Waals surface area contributed by atoms with Crippen LogP contribution in [0.2, 0.25) is 0 Å². The zero-order chi connectivity index (χ0) is 14.8. The molecular formula is C11H17N5O3S. The fraction of sp³-hybridized carbons (Fsp3) is 0.455. The topological polar surface area (TPSA) is 113 Å². The molecule has 0 aliphatic heterocycles. The van der Waals surface area contributed by atoms with Crippen molar-refractivity contribution in [2.75, 3.05) is 11.3 Å². The highest BCUT2D eigenvalue weighted by Crippen LogP contribution is 2.20. The highest BCUT2D eigenvalue weighted by atomic mass is 32.2. The maximum atomic E-state index is 12.2. The summed E-state index contributed by atoms with van der Waals surface area (Å²) in [6.07, 6.45) is 3.24. The Labute approximate surface area is 116 Å². The van der Waals surface area contributed by atoms with Crippen LogP contribution in [0.3, 0.4) is 0 Å². The molecule has 20 heavy (non-hydrogen) atoms. The van der Waals surface area contributed by atoms with E-state index >= 15 is 0 Å². The first kappa shape index (κ1) is 14.5. The Morgan fingerprint density at radius 2 is 2.20 bits per heavy atom. The van der Waals surface area contributed by atoms with Crippen LogP contribution in [-0.2, 0) is 16.6 Å². The Kier molecular flexibility index (Phi) is 4.09. The van der Waals surface area contributed by atoms with Gasteiger partial charge in [-0.3, -0.25) is 14.5 Å². The van der Waals surface area contributed by atoms with Crippen molar-refractivity contribution in [3.63, 3.8) is 0 Å². The third-order valence-corrected chi connectivity index (χ3v) is 4.13. The van der Waals surface area contributed by atoms with Gasteiger partial charge in [0.15, 0.2) is 0 Å². The molecule has 0 aliphatic carbocycles. The van der Waals surface area contributed by atoms with Gasteiger partial charge in [0.2, 0.25) is 0 Å². The number of aromatic amines is 1. The first-order chi connectivity index (χ1) is 9.44. The summed E-state index contributed by atoms with van der Waals surface area (Å²) in [5.41, 5.74) is 1.69. The number of hydrogen-bond donors (Lipinski definition) is 3. The number of aliphatic hydroxyl groups is 1. The number of nitrogens with one attached hydrogen (secondary N) is 2. The molecule has 0 fully saturated rings. The van der Waals surface area contributed by atoms with E-state index in [9.17, 15) is 8.42 Å². The molecule has 110 valence electrons. The molecule has 0 radical (unpaired) electrons. The zero-order valence-corrected chi connectivity index (χ0v) is 12.1. The molecular weight excluding hydrogens is 282 g/mol. The van der Waals surface area contributed by atoms with Crippen LogP contribution in [0.4, 0.5) is 5.69 Å². The van der Waals surface area contributed by atoms with Crippen LogP contribution in [0, 0.1) is 13.8 Å². The Bertz CT molecular complexity index is 669. The van der Waals surface area contributed by atoms with Gasteiger partial charge in [0.1, 0.15) is 4.90 Å². The average molecular weight is 299 g/mol. The second-order valence-corrected chi connectivity index (χ2v) is 6.11. The predicted octanol–water partition coefficient (Wildman–Crippen LogP) is 0.406. The number of sulfonamides is 1. The first-order valence-electron chi connectivity index (χ1n) is 6.11. The summed E-state index contributed by atoms with van der Waals surface area (Å²) < 4.78 is 28.5. The zero-order valence-electron chi connectivity index (χ0n) is 11.3. The Morgan fingerprint density at radius 3 is 2.80 bits per heavy atom. The third-order valence-electron chi connectivity index (χ3n) is 2.83. The second-order valence-electron chi connectivity index (χ2n) is 4.43. The van der Waals surface area contributed by atoms with E-state index in [1.807, 2.05) is 0 Å². The lowest BCUT2D eigenvalue weighted by Gasteiger charge is -2.05. The van der Waals surface area contributed by atoms with E-state index in [4.69, 9.17) is 5.11 Å². The predicted molar refractivity (Wildman–Crippen MR) is 72.8 cm³/mol. The standard InChI is InChI=1S/C11H17N5O3S/c1-8-11(9(2)14-13-8)15-20(18,19)10-6-12-16(7-10)4-3-5-17/h6-7,15,17H,3-5H2,1-2H3,(H,13,14). The van der Waals surface area contributed by atoms with Crippen LogP contribution in [-0.4, -0.2) is 40.1 Å². The average Bonchev–Trinajstić information content (AvgIpc) is 2.99. The van der Waals surface area contributed by atoms with Gasteiger partial charge < -0.3 is 5.11 Å². The number of anilines is 1. The quantitative estimate of drug-likeness (QED) is 0.715. The van der Waals surface area contributed by atoms with E-state index in [-0.39, 0.29) is 11.5 Å². The molecule has 2 heterocycles. The molecule has 2 rings (SSSR count). The summed E-state index contributed by atoms with van der Waals surface area (Å²) in [5.74, 6) is 0. The van der Waals surface area contributed by atoms with Crippen LogP contribution < -0.4 is 4.72 Å². The van der Waals surface area contributed by atoms with Crippen molar-refractivity contribution in [1.29, 1.82) is 0 Å². The molecule has 0 bridgehead atoms. The number of H-pyrrole nitrogens is 1. The van der Waals surface area contributed by atoms with Crippen LogP contribution >= 0.6 is 0 Å². The van der Waals surface area contributed by atoms with Gasteiger partial charge >= 0.3 is 0 Å². The molecule has 0 spiro atoms. The molecule has 0 saturated heterocycles. The summed E-state index contributed by atoms with van der Waals surface area (Å²) in [4.78, 5) is 0.0791. The maximum absolute atomic E-state index is 12.2. The smallest absolute Gasteiger partial charge is 0.265 e. The highest BCUT2D eigenvalue weighted by Gasteiger charge is 2.19. The molecule has 0 saturated carbocycles. The van der Waals surface area contributed by atoms with E-state index in [2.05, 4.69) is 20.0 Å². The van der Waals surface area contributed by atoms with Crippen LogP contribution in [0.1, 0.15) is 17.8 Å². The van der Waals surface area contributed by atoms with Crippen molar-refractivity contribution in [2.45, 2.75) is 31.7 Å². The number of nitrogens with zero attached hydrogens (tertiary/aromatic N) is 3. The summed E-state index contributed by atoms with van der Waals surface area (Å²) in [6.45, 7) is 3.96. The van der Waals surface area contributed by atoms with Gasteiger partial charge in [-0.2, -0.15) is 10.2 Å². The molecule has 0 unspecified atom stereocenters. The van der Waals surface area contributed by atoms with Crippen molar-refractivity contribution in [3.05, 3.63) is 23.8 Å². The number of rotatable bonds is 6. The number of aryl methyl sites for hydroxylation is 3. The first-order valence-corrected chi connectivity index (χ1v) is 7.60. The van der Waals surface area contributed by atoms with Crippen molar-refractivity contribution in [1.82, 2.24) is 20.0 Å². The van der Waals surface area contributed by atoms with Gasteiger partial charge in [-0.1, -0.05) is 0 Å². The van der Waals surface area contributed by atoms with Gasteiger partial charge in [0, 0.05) is 19.3 Å². The minimum absolute atomic E-state index is 0.0353. The van der Waals surface area contributed by atoms with Gasteiger partial charge in [-0.15, -0.1) is 0 Å². The van der Waals surface area contributed by atoms with Gasteiger partial charge in [-0.25, -0.2) is 8.42 Å². The van der Waals surface area contributed by atoms with E-state index < -0.39 is 10.0 Å². The highest BCUT2D eigenvalue weighted by molar-refractivity contribution is 7.92. The molecule has 9 heteroatoms. The number of aliphatic hydroxyl groups excluding tert-OH is 1. The summed E-state index contributed by atoms with van der Waals surface area (Å²) >= 11 is 0. The molecule has 0 atom stereocenters. The molecule has 0 aliphatic rings. The molecule has 8 nitrogen and oxygen atoms in total. The SMILES string of the molecule is Cc1n[nH]c(C)c1NS(=O)(=O)c1cnn(CCCO)c1. The monoisotopic (exact) mass is 299 g/mol. The number of aromatic nitrogens is 4. The van der Waals surface area contributed by atoms with E-state index in [1.54, 1.807) is 13.8 Å². The van der Waals surface area contributed by atoms with Gasteiger partial charge in [0.05, 0.1) is 23.3 Å². The molecule has 3 N–H and O–H groups in total. The maximum Gasteiger partial charge on any atom is 0.265 e. The minimum Gasteiger partial charge on any atom is -0.396 e. The van der Waals surface area contributed by atoms with Crippen molar-refractivity contribution < 1.29 is 13.5 Å². The number of hydrogen-bond acceptors (Lipinski definition) is 5. The summed E-state index contributed by atoms with van der Waals surface area (Å²) in [5, 5.41) is 19.4. The Morgan fingerprint density at radius 1 is 1.45 bits per heavy atom. The Balaban J connectivity index is 2.20. The van der Waals surface area contributed by atoms with Crippen LogP contribution in [0.5, 0.6) is 0 Å². The van der Waals surface area contributed by atoms with Gasteiger partial charge in [0.25, 0.3) is 10.0 Å². The van der Waals surface area contributed by atoms with E-state index in [1.165, 1.54) is 17.1 Å². The molecule has 0 aromatic carbocycles. The summed E-state index contributed by atoms with van der Waals surface area (Å²) in [6, 6.07) is 0. The lowest BCUT2D eigenvalue weighted by molar-refractivity contribution is 0.277. The fourth-order valence-corrected chi connectivity index (χ4v) is 2.87. The molecule has 2 aromatic heterocycles. The van der Waals surface area contributed by atoms with E-state index in [0.717, 1.165) is 0 Å². The normalized spacial score (nSPS) is 11.8. The second kappa shape index (κ2) is 5.63. The lowest BCUT2D eigenvalue weighted by Crippen LogP contribution is -2.13. The van der Waals surface area contributed by atoms with Gasteiger partial charge in [-0.05, 0) is 20.3 Å². The largest absolute Gasteiger partial charge is 0.396 e. The van der Waals surface area contributed by atoms with Crippen molar-refractivity contribution >= 4 is 15.7 Å². The Hall–Kier alpha value is -1.87. The molecule has 2 aromatic rings. The van der Waals surface area contributed by atoms with Crippen molar-refractivity contribution in [3.8, 4) is 0 Å². The van der Waals surface area contributed by atoms with Crippen molar-refractivity contribution in [2.24, 2.45) is 0 Å². The summed E-state index contributed by atoms with van der Waals surface area (Å²) in [7, 11) is -3.69. The van der Waals surface area contributed by atoms with Crippen LogP contribution in [0.15, 0.2) is 17.3 Å². The third kappa shape index (κ3) is 2.99. The minimum atomic E-state index is -3.69. The lowest BCUT2D eigenvalue weighted by atomic mass is 10.3. The molecule has 0 amide bonds. The van der Waals surface area contributed by atoms with E-state index in [0.29, 0.717) is 30.0 Å². The fourth-order valence-electron chi connectivity index (χ4n) is 1.73.